The van der Waals surface area contributed by atoms with E-state index in [1.807, 2.05) is 6.07 Å². The minimum Gasteiger partial charge on any atom is -0.465 e. The molecule has 0 saturated heterocycles. The van der Waals surface area contributed by atoms with Crippen LogP contribution in [0.5, 0.6) is 0 Å². The smallest absolute Gasteiger partial charge is 0.337 e. The second-order valence-electron chi connectivity index (χ2n) is 4.98. The highest BCUT2D eigenvalue weighted by molar-refractivity contribution is 9.10. The zero-order valence-electron chi connectivity index (χ0n) is 12.4. The number of rotatable bonds is 7. The lowest BCUT2D eigenvalue weighted by Crippen LogP contribution is -2.37. The lowest BCUT2D eigenvalue weighted by atomic mass is 10.0. The molecule has 0 heterocycles. The van der Waals surface area contributed by atoms with Crippen LogP contribution in [0.4, 0.5) is 0 Å². The van der Waals surface area contributed by atoms with Crippen LogP contribution in [0.15, 0.2) is 22.7 Å². The van der Waals surface area contributed by atoms with Crippen molar-refractivity contribution in [3.8, 4) is 0 Å². The first-order valence-electron chi connectivity index (χ1n) is 6.58. The molecule has 1 aromatic rings. The van der Waals surface area contributed by atoms with Crippen molar-refractivity contribution >= 4 is 21.9 Å². The Morgan fingerprint density at radius 2 is 2.05 bits per heavy atom. The molecule has 0 aliphatic rings. The number of ether oxygens (including phenoxy) is 2. The Bertz CT molecular complexity index is 449. The number of carbonyl (C=O) groups excluding carboxylic acids is 1. The van der Waals surface area contributed by atoms with Gasteiger partial charge in [-0.2, -0.15) is 0 Å². The van der Waals surface area contributed by atoms with E-state index in [4.69, 9.17) is 9.47 Å². The van der Waals surface area contributed by atoms with Gasteiger partial charge in [0.25, 0.3) is 0 Å². The maximum absolute atomic E-state index is 11.4. The summed E-state index contributed by atoms with van der Waals surface area (Å²) in [7, 11) is 3.09. The zero-order chi connectivity index (χ0) is 15.1. The summed E-state index contributed by atoms with van der Waals surface area (Å²) < 4.78 is 10.8. The summed E-state index contributed by atoms with van der Waals surface area (Å²) in [4.78, 5) is 11.4. The number of hydrogen-bond acceptors (Lipinski definition) is 4. The van der Waals surface area contributed by atoms with Crippen LogP contribution in [0.25, 0.3) is 0 Å². The number of methoxy groups -OCH3 is 2. The molecule has 0 aromatic heterocycles. The van der Waals surface area contributed by atoms with E-state index in [0.717, 1.165) is 10.0 Å². The third-order valence-electron chi connectivity index (χ3n) is 3.18. The monoisotopic (exact) mass is 343 g/mol. The summed E-state index contributed by atoms with van der Waals surface area (Å²) >= 11 is 3.49. The maximum atomic E-state index is 11.4. The molecule has 0 spiro atoms. The molecular weight excluding hydrogens is 322 g/mol. The quantitative estimate of drug-likeness (QED) is 0.773. The molecule has 0 bridgehead atoms. The molecule has 4 nitrogen and oxygen atoms in total. The van der Waals surface area contributed by atoms with Crippen molar-refractivity contribution in [1.29, 1.82) is 0 Å². The summed E-state index contributed by atoms with van der Waals surface area (Å²) in [6.45, 7) is 5.71. The van der Waals surface area contributed by atoms with Crippen LogP contribution in [0.2, 0.25) is 0 Å². The van der Waals surface area contributed by atoms with Crippen LogP contribution in [0, 0.1) is 5.92 Å². The minimum atomic E-state index is -0.329. The predicted molar refractivity (Wildman–Crippen MR) is 82.8 cm³/mol. The second kappa shape index (κ2) is 8.39. The largest absolute Gasteiger partial charge is 0.465 e. The van der Waals surface area contributed by atoms with Crippen molar-refractivity contribution in [2.24, 2.45) is 5.92 Å². The molecule has 0 aliphatic heterocycles. The van der Waals surface area contributed by atoms with Crippen molar-refractivity contribution in [3.05, 3.63) is 33.8 Å². The molecule has 0 saturated carbocycles. The number of esters is 1. The first kappa shape index (κ1) is 17.1. The molecule has 1 rings (SSSR count). The number of benzene rings is 1. The van der Waals surface area contributed by atoms with Gasteiger partial charge in [0.05, 0.1) is 19.3 Å². The molecule has 1 N–H and O–H groups in total. The minimum absolute atomic E-state index is 0.298. The van der Waals surface area contributed by atoms with Crippen molar-refractivity contribution in [2.75, 3.05) is 20.8 Å². The van der Waals surface area contributed by atoms with Gasteiger partial charge in [0.1, 0.15) is 0 Å². The Hall–Kier alpha value is -0.910. The van der Waals surface area contributed by atoms with Gasteiger partial charge in [-0.05, 0) is 23.6 Å². The summed E-state index contributed by atoms with van der Waals surface area (Å²) in [5.41, 5.74) is 1.64. The average Bonchev–Trinajstić information content (AvgIpc) is 2.43. The van der Waals surface area contributed by atoms with Crippen LogP contribution in [0.1, 0.15) is 29.8 Å². The first-order valence-corrected chi connectivity index (χ1v) is 7.38. The summed E-state index contributed by atoms with van der Waals surface area (Å²) in [6, 6.07) is 5.78. The molecule has 0 fully saturated rings. The summed E-state index contributed by atoms with van der Waals surface area (Å²) in [5.74, 6) is 0.160. The highest BCUT2D eigenvalue weighted by atomic mass is 79.9. The van der Waals surface area contributed by atoms with Gasteiger partial charge >= 0.3 is 5.97 Å². The van der Waals surface area contributed by atoms with E-state index in [9.17, 15) is 4.79 Å². The van der Waals surface area contributed by atoms with E-state index in [1.165, 1.54) is 7.11 Å². The second-order valence-corrected chi connectivity index (χ2v) is 5.84. The van der Waals surface area contributed by atoms with Crippen molar-refractivity contribution < 1.29 is 14.3 Å². The molecule has 0 aliphatic carbocycles. The fourth-order valence-corrected chi connectivity index (χ4v) is 2.36. The van der Waals surface area contributed by atoms with Gasteiger partial charge in [0.2, 0.25) is 0 Å². The van der Waals surface area contributed by atoms with Crippen LogP contribution in [-0.4, -0.2) is 32.8 Å². The zero-order valence-corrected chi connectivity index (χ0v) is 14.0. The number of nitrogens with one attached hydrogen (secondary N) is 1. The Kier molecular flexibility index (Phi) is 7.19. The van der Waals surface area contributed by atoms with Gasteiger partial charge in [-0.3, -0.25) is 0 Å². The van der Waals surface area contributed by atoms with Crippen molar-refractivity contribution in [2.45, 2.75) is 26.4 Å². The SMILES string of the molecule is COCC(NCc1ccc(C(=O)OC)cc1Br)C(C)C. The van der Waals surface area contributed by atoms with Gasteiger partial charge in [0, 0.05) is 24.2 Å². The fraction of sp³-hybridized carbons (Fsp3) is 0.533. The third-order valence-corrected chi connectivity index (χ3v) is 3.92. The number of halogens is 1. The van der Waals surface area contributed by atoms with Crippen LogP contribution < -0.4 is 5.32 Å². The first-order chi connectivity index (χ1) is 9.49. The Morgan fingerprint density at radius 1 is 1.35 bits per heavy atom. The lowest BCUT2D eigenvalue weighted by Gasteiger charge is -2.22. The Labute approximate surface area is 129 Å². The van der Waals surface area contributed by atoms with E-state index in [2.05, 4.69) is 35.1 Å². The van der Waals surface area contributed by atoms with E-state index in [-0.39, 0.29) is 5.97 Å². The lowest BCUT2D eigenvalue weighted by molar-refractivity contribution is 0.0600. The molecule has 1 aromatic carbocycles. The van der Waals surface area contributed by atoms with E-state index >= 15 is 0 Å². The van der Waals surface area contributed by atoms with Gasteiger partial charge < -0.3 is 14.8 Å². The molecule has 0 amide bonds. The molecular formula is C15H22BrNO3. The summed E-state index contributed by atoms with van der Waals surface area (Å²) in [6.07, 6.45) is 0. The highest BCUT2D eigenvalue weighted by Gasteiger charge is 2.14. The van der Waals surface area contributed by atoms with Crippen LogP contribution in [-0.2, 0) is 16.0 Å². The molecule has 1 unspecified atom stereocenters. The Morgan fingerprint density at radius 3 is 2.55 bits per heavy atom. The highest BCUT2D eigenvalue weighted by Crippen LogP contribution is 2.19. The van der Waals surface area contributed by atoms with Crippen molar-refractivity contribution in [3.63, 3.8) is 0 Å². The molecule has 20 heavy (non-hydrogen) atoms. The molecule has 0 radical (unpaired) electrons. The van der Waals surface area contributed by atoms with Crippen molar-refractivity contribution in [1.82, 2.24) is 5.32 Å². The summed E-state index contributed by atoms with van der Waals surface area (Å²) in [5, 5.41) is 3.47. The predicted octanol–water partition coefficient (Wildman–Crippen LogP) is 3.00. The number of hydrogen-bond donors (Lipinski definition) is 1. The third kappa shape index (κ3) is 4.89. The van der Waals surface area contributed by atoms with Gasteiger partial charge in [0.15, 0.2) is 0 Å². The van der Waals surface area contributed by atoms with Gasteiger partial charge in [-0.15, -0.1) is 0 Å². The fourth-order valence-electron chi connectivity index (χ4n) is 1.84. The molecule has 112 valence electrons. The van der Waals surface area contributed by atoms with Crippen LogP contribution >= 0.6 is 15.9 Å². The molecule has 1 atom stereocenters. The topological polar surface area (TPSA) is 47.6 Å². The maximum Gasteiger partial charge on any atom is 0.337 e. The van der Waals surface area contributed by atoms with Gasteiger partial charge in [-0.1, -0.05) is 35.8 Å². The normalized spacial score (nSPS) is 12.5. The standard InChI is InChI=1S/C15H22BrNO3/c1-10(2)14(9-19-3)17-8-12-6-5-11(7-13(12)16)15(18)20-4/h5-7,10,14,17H,8-9H2,1-4H3. The Balaban J connectivity index is 2.71. The van der Waals surface area contributed by atoms with Crippen LogP contribution in [0.3, 0.4) is 0 Å². The number of carbonyl (C=O) groups is 1. The van der Waals surface area contributed by atoms with E-state index in [1.54, 1.807) is 19.2 Å². The van der Waals surface area contributed by atoms with E-state index in [0.29, 0.717) is 30.7 Å². The van der Waals surface area contributed by atoms with E-state index < -0.39 is 0 Å². The average molecular weight is 344 g/mol. The van der Waals surface area contributed by atoms with Gasteiger partial charge in [-0.25, -0.2) is 4.79 Å². The molecule has 5 heteroatoms.